The van der Waals surface area contributed by atoms with E-state index < -0.39 is 0 Å². The summed E-state index contributed by atoms with van der Waals surface area (Å²) in [6, 6.07) is 11.0. The standard InChI is InChI=1S/C17H16N2O3/c1-10-4-3-5-12(6-10)17(21)19-14-8-11(2)7-13-16(14)22-9-15(20)18-13/h3-8H,9H2,1-2H3,(H,18,20)(H,19,21). The van der Waals surface area contributed by atoms with Gasteiger partial charge >= 0.3 is 0 Å². The maximum Gasteiger partial charge on any atom is 0.262 e. The van der Waals surface area contributed by atoms with Gasteiger partial charge in [0, 0.05) is 5.56 Å². The van der Waals surface area contributed by atoms with E-state index in [1.54, 1.807) is 6.07 Å². The third kappa shape index (κ3) is 2.79. The highest BCUT2D eigenvalue weighted by Crippen LogP contribution is 2.37. The lowest BCUT2D eigenvalue weighted by Gasteiger charge is -2.21. The zero-order chi connectivity index (χ0) is 15.7. The molecule has 1 heterocycles. The van der Waals surface area contributed by atoms with Crippen molar-refractivity contribution in [2.24, 2.45) is 0 Å². The Balaban J connectivity index is 1.92. The van der Waals surface area contributed by atoms with E-state index in [-0.39, 0.29) is 18.4 Å². The van der Waals surface area contributed by atoms with Crippen LogP contribution in [0.3, 0.4) is 0 Å². The topological polar surface area (TPSA) is 67.4 Å². The van der Waals surface area contributed by atoms with Crippen LogP contribution < -0.4 is 15.4 Å². The third-order valence-corrected chi connectivity index (χ3v) is 3.38. The van der Waals surface area contributed by atoms with Gasteiger partial charge in [0.1, 0.15) is 0 Å². The summed E-state index contributed by atoms with van der Waals surface area (Å²) in [6.45, 7) is 3.77. The number of rotatable bonds is 2. The first-order valence-corrected chi connectivity index (χ1v) is 6.98. The van der Waals surface area contributed by atoms with E-state index in [1.165, 1.54) is 0 Å². The molecule has 2 amide bonds. The van der Waals surface area contributed by atoms with E-state index in [9.17, 15) is 9.59 Å². The van der Waals surface area contributed by atoms with Gasteiger partial charge in [0.15, 0.2) is 12.4 Å². The van der Waals surface area contributed by atoms with Crippen molar-refractivity contribution in [1.82, 2.24) is 0 Å². The lowest BCUT2D eigenvalue weighted by molar-refractivity contribution is -0.118. The summed E-state index contributed by atoms with van der Waals surface area (Å²) in [5.74, 6) is 0.0808. The highest BCUT2D eigenvalue weighted by molar-refractivity contribution is 6.07. The summed E-state index contributed by atoms with van der Waals surface area (Å²) in [6.07, 6.45) is 0. The van der Waals surface area contributed by atoms with E-state index >= 15 is 0 Å². The number of hydrogen-bond donors (Lipinski definition) is 2. The number of ether oxygens (including phenoxy) is 1. The molecule has 0 saturated heterocycles. The fourth-order valence-electron chi connectivity index (χ4n) is 2.42. The SMILES string of the molecule is Cc1cccc(C(=O)Nc2cc(C)cc3c2OCC(=O)N3)c1. The van der Waals surface area contributed by atoms with Gasteiger partial charge < -0.3 is 15.4 Å². The molecule has 0 aliphatic carbocycles. The highest BCUT2D eigenvalue weighted by Gasteiger charge is 2.21. The lowest BCUT2D eigenvalue weighted by Crippen LogP contribution is -2.26. The number of anilines is 2. The summed E-state index contributed by atoms with van der Waals surface area (Å²) in [5, 5.41) is 5.60. The minimum absolute atomic E-state index is 0.0522. The largest absolute Gasteiger partial charge is 0.479 e. The molecule has 1 aliphatic rings. The molecule has 0 aromatic heterocycles. The molecule has 0 radical (unpaired) electrons. The Morgan fingerprint density at radius 2 is 2.00 bits per heavy atom. The Labute approximate surface area is 128 Å². The molecule has 0 bridgehead atoms. The molecule has 0 saturated carbocycles. The third-order valence-electron chi connectivity index (χ3n) is 3.38. The van der Waals surface area contributed by atoms with Crippen LogP contribution in [0, 0.1) is 13.8 Å². The first kappa shape index (κ1) is 14.1. The van der Waals surface area contributed by atoms with E-state index in [0.29, 0.717) is 22.7 Å². The maximum absolute atomic E-state index is 12.4. The average molecular weight is 296 g/mol. The van der Waals surface area contributed by atoms with Gasteiger partial charge in [-0.2, -0.15) is 0 Å². The number of aryl methyl sites for hydroxylation is 2. The molecule has 0 unspecified atom stereocenters. The molecule has 1 aliphatic heterocycles. The van der Waals surface area contributed by atoms with E-state index in [4.69, 9.17) is 4.74 Å². The van der Waals surface area contributed by atoms with Gasteiger partial charge in [-0.15, -0.1) is 0 Å². The summed E-state index contributed by atoms with van der Waals surface area (Å²) in [5.41, 5.74) is 3.65. The van der Waals surface area contributed by atoms with Crippen LogP contribution >= 0.6 is 0 Å². The molecular weight excluding hydrogens is 280 g/mol. The fourth-order valence-corrected chi connectivity index (χ4v) is 2.42. The first-order valence-electron chi connectivity index (χ1n) is 6.98. The monoisotopic (exact) mass is 296 g/mol. The normalized spacial score (nSPS) is 12.9. The number of carbonyl (C=O) groups excluding carboxylic acids is 2. The summed E-state index contributed by atoms with van der Waals surface area (Å²) in [4.78, 5) is 23.8. The Hall–Kier alpha value is -2.82. The van der Waals surface area contributed by atoms with Crippen molar-refractivity contribution < 1.29 is 14.3 Å². The predicted octanol–water partition coefficient (Wildman–Crippen LogP) is 2.89. The second kappa shape index (κ2) is 5.52. The van der Waals surface area contributed by atoms with Gasteiger partial charge in [0.2, 0.25) is 0 Å². The van der Waals surface area contributed by atoms with Crippen LogP contribution in [0.25, 0.3) is 0 Å². The Morgan fingerprint density at radius 3 is 2.77 bits per heavy atom. The molecule has 5 heteroatoms. The Morgan fingerprint density at radius 1 is 1.18 bits per heavy atom. The van der Waals surface area contributed by atoms with Crippen LogP contribution in [-0.4, -0.2) is 18.4 Å². The molecule has 0 atom stereocenters. The summed E-state index contributed by atoms with van der Waals surface area (Å²) in [7, 11) is 0. The van der Waals surface area contributed by atoms with Crippen LogP contribution in [0.5, 0.6) is 5.75 Å². The van der Waals surface area contributed by atoms with Gasteiger partial charge in [0.25, 0.3) is 11.8 Å². The van der Waals surface area contributed by atoms with Gasteiger partial charge in [-0.1, -0.05) is 17.7 Å². The predicted molar refractivity (Wildman–Crippen MR) is 84.4 cm³/mol. The van der Waals surface area contributed by atoms with E-state index in [2.05, 4.69) is 10.6 Å². The van der Waals surface area contributed by atoms with Crippen LogP contribution in [0.15, 0.2) is 36.4 Å². The molecule has 2 aromatic rings. The average Bonchev–Trinajstić information content (AvgIpc) is 2.46. The van der Waals surface area contributed by atoms with Crippen molar-refractivity contribution in [2.75, 3.05) is 17.2 Å². The van der Waals surface area contributed by atoms with Crippen molar-refractivity contribution in [3.05, 3.63) is 53.1 Å². The number of fused-ring (bicyclic) bond motifs is 1. The molecular formula is C17H16N2O3. The van der Waals surface area contributed by atoms with Crippen LogP contribution in [0.1, 0.15) is 21.5 Å². The Bertz CT molecular complexity index is 768. The number of amides is 2. The van der Waals surface area contributed by atoms with Crippen molar-refractivity contribution in [2.45, 2.75) is 13.8 Å². The van der Waals surface area contributed by atoms with Crippen molar-refractivity contribution in [3.63, 3.8) is 0 Å². The second-order valence-electron chi connectivity index (χ2n) is 5.35. The zero-order valence-electron chi connectivity index (χ0n) is 12.4. The van der Waals surface area contributed by atoms with Gasteiger partial charge in [-0.3, -0.25) is 9.59 Å². The smallest absolute Gasteiger partial charge is 0.262 e. The Kier molecular flexibility index (Phi) is 3.55. The second-order valence-corrected chi connectivity index (χ2v) is 5.35. The minimum Gasteiger partial charge on any atom is -0.479 e. The van der Waals surface area contributed by atoms with Crippen molar-refractivity contribution in [1.29, 1.82) is 0 Å². The van der Waals surface area contributed by atoms with Gasteiger partial charge in [-0.25, -0.2) is 0 Å². The number of carbonyl (C=O) groups is 2. The molecule has 2 aromatic carbocycles. The number of benzene rings is 2. The number of hydrogen-bond acceptors (Lipinski definition) is 3. The minimum atomic E-state index is -0.211. The molecule has 3 rings (SSSR count). The molecule has 0 spiro atoms. The zero-order valence-corrected chi connectivity index (χ0v) is 12.4. The summed E-state index contributed by atoms with van der Waals surface area (Å²) >= 11 is 0. The van der Waals surface area contributed by atoms with Gasteiger partial charge in [-0.05, 0) is 43.7 Å². The van der Waals surface area contributed by atoms with Crippen LogP contribution in [0.2, 0.25) is 0 Å². The number of nitrogens with one attached hydrogen (secondary N) is 2. The maximum atomic E-state index is 12.4. The molecule has 0 fully saturated rings. The molecule has 22 heavy (non-hydrogen) atoms. The molecule has 112 valence electrons. The highest BCUT2D eigenvalue weighted by atomic mass is 16.5. The van der Waals surface area contributed by atoms with E-state index in [0.717, 1.165) is 11.1 Å². The van der Waals surface area contributed by atoms with Crippen LogP contribution in [-0.2, 0) is 4.79 Å². The summed E-state index contributed by atoms with van der Waals surface area (Å²) < 4.78 is 5.46. The molecule has 5 nitrogen and oxygen atoms in total. The van der Waals surface area contributed by atoms with Gasteiger partial charge in [0.05, 0.1) is 11.4 Å². The quantitative estimate of drug-likeness (QED) is 0.895. The fraction of sp³-hybridized carbons (Fsp3) is 0.176. The van der Waals surface area contributed by atoms with Crippen LogP contribution in [0.4, 0.5) is 11.4 Å². The van der Waals surface area contributed by atoms with E-state index in [1.807, 2.05) is 44.2 Å². The molecule has 2 N–H and O–H groups in total. The van der Waals surface area contributed by atoms with Crippen molar-refractivity contribution in [3.8, 4) is 5.75 Å². The first-order chi connectivity index (χ1) is 10.5. The lowest BCUT2D eigenvalue weighted by atomic mass is 10.1. The van der Waals surface area contributed by atoms with Crippen molar-refractivity contribution >= 4 is 23.2 Å².